The molecule has 0 radical (unpaired) electrons. The minimum absolute atomic E-state index is 0.100. The monoisotopic (exact) mass is 403 g/mol. The number of amides is 4. The van der Waals surface area contributed by atoms with Crippen LogP contribution in [-0.2, 0) is 16.1 Å². The van der Waals surface area contributed by atoms with E-state index in [4.69, 9.17) is 4.74 Å². The molecule has 4 amide bonds. The Morgan fingerprint density at radius 3 is 2.63 bits per heavy atom. The largest absolute Gasteiger partial charge is 0.497 e. The molecule has 0 atom stereocenters. The van der Waals surface area contributed by atoms with Crippen molar-refractivity contribution in [2.75, 3.05) is 12.0 Å². The third kappa shape index (κ3) is 3.34. The molecule has 1 aliphatic rings. The van der Waals surface area contributed by atoms with E-state index >= 15 is 0 Å². The van der Waals surface area contributed by atoms with Gasteiger partial charge in [-0.3, -0.25) is 14.9 Å². The van der Waals surface area contributed by atoms with Gasteiger partial charge in [0.05, 0.1) is 12.8 Å². The lowest BCUT2D eigenvalue weighted by molar-refractivity contribution is -0.122. The summed E-state index contributed by atoms with van der Waals surface area (Å²) in [5.74, 6) is -0.890. The van der Waals surface area contributed by atoms with Crippen LogP contribution in [0.15, 0.2) is 60.3 Å². The Labute approximate surface area is 173 Å². The molecule has 7 heteroatoms. The summed E-state index contributed by atoms with van der Waals surface area (Å²) in [6.07, 6.45) is 4.42. The Morgan fingerprint density at radius 1 is 1.07 bits per heavy atom. The number of anilines is 1. The van der Waals surface area contributed by atoms with Crippen LogP contribution in [0, 0.1) is 0 Å². The summed E-state index contributed by atoms with van der Waals surface area (Å²) in [5.41, 5.74) is 1.99. The number of ether oxygens (including phenoxy) is 1. The first-order valence-corrected chi connectivity index (χ1v) is 9.67. The van der Waals surface area contributed by atoms with E-state index in [2.05, 4.69) is 16.8 Å². The molecule has 7 nitrogen and oxygen atoms in total. The molecule has 1 fully saturated rings. The number of nitrogens with zero attached hydrogens (tertiary/aromatic N) is 2. The number of carbonyl (C=O) groups excluding carboxylic acids is 3. The van der Waals surface area contributed by atoms with E-state index in [1.807, 2.05) is 30.5 Å². The normalized spacial score (nSPS) is 15.7. The number of carbonyl (C=O) groups is 3. The lowest BCUT2D eigenvalue weighted by atomic mass is 10.1. The predicted molar refractivity (Wildman–Crippen MR) is 114 cm³/mol. The smallest absolute Gasteiger partial charge is 0.335 e. The van der Waals surface area contributed by atoms with Crippen LogP contribution in [0.4, 0.5) is 10.5 Å². The summed E-state index contributed by atoms with van der Waals surface area (Å²) < 4.78 is 7.27. The van der Waals surface area contributed by atoms with Crippen LogP contribution in [0.3, 0.4) is 0 Å². The highest BCUT2D eigenvalue weighted by Crippen LogP contribution is 2.28. The van der Waals surface area contributed by atoms with Crippen molar-refractivity contribution in [3.8, 4) is 5.75 Å². The minimum atomic E-state index is -0.788. The third-order valence-electron chi connectivity index (χ3n) is 5.00. The number of hydrogen-bond acceptors (Lipinski definition) is 4. The summed E-state index contributed by atoms with van der Waals surface area (Å²) in [5, 5.41) is 3.19. The second-order valence-corrected chi connectivity index (χ2v) is 6.95. The van der Waals surface area contributed by atoms with Gasteiger partial charge in [-0.2, -0.15) is 0 Å². The fourth-order valence-corrected chi connectivity index (χ4v) is 3.61. The number of barbiturate groups is 1. The highest BCUT2D eigenvalue weighted by molar-refractivity contribution is 6.39. The van der Waals surface area contributed by atoms with E-state index in [0.717, 1.165) is 34.3 Å². The second kappa shape index (κ2) is 7.87. The van der Waals surface area contributed by atoms with Gasteiger partial charge < -0.3 is 9.30 Å². The maximum atomic E-state index is 13.1. The molecule has 4 rings (SSSR count). The third-order valence-corrected chi connectivity index (χ3v) is 5.00. The zero-order chi connectivity index (χ0) is 21.3. The van der Waals surface area contributed by atoms with Crippen molar-refractivity contribution >= 4 is 40.5 Å². The first-order chi connectivity index (χ1) is 14.5. The lowest BCUT2D eigenvalue weighted by Gasteiger charge is -2.26. The van der Waals surface area contributed by atoms with E-state index in [1.54, 1.807) is 30.3 Å². The second-order valence-electron chi connectivity index (χ2n) is 6.95. The van der Waals surface area contributed by atoms with E-state index in [0.29, 0.717) is 11.4 Å². The zero-order valence-corrected chi connectivity index (χ0v) is 16.7. The molecule has 1 saturated heterocycles. The number of rotatable bonds is 5. The standard InChI is InChI=1S/C23H21N3O4/c1-3-11-25-14-15(18-9-4-5-10-20(18)25)12-19-21(27)24-23(29)26(22(19)28)16-7-6-8-17(13-16)30-2/h4-10,12-14H,3,11H2,1-2H3,(H,24,27,29). The van der Waals surface area contributed by atoms with Crippen molar-refractivity contribution in [1.82, 2.24) is 9.88 Å². The van der Waals surface area contributed by atoms with Gasteiger partial charge >= 0.3 is 6.03 Å². The maximum Gasteiger partial charge on any atom is 0.335 e. The van der Waals surface area contributed by atoms with E-state index < -0.39 is 17.8 Å². The molecule has 1 aliphatic heterocycles. The molecule has 0 aliphatic carbocycles. The van der Waals surface area contributed by atoms with Crippen LogP contribution in [0.5, 0.6) is 5.75 Å². The van der Waals surface area contributed by atoms with Gasteiger partial charge in [-0.05, 0) is 30.7 Å². The average Bonchev–Trinajstić information content (AvgIpc) is 3.09. The Balaban J connectivity index is 1.79. The first-order valence-electron chi connectivity index (χ1n) is 9.67. The summed E-state index contributed by atoms with van der Waals surface area (Å²) >= 11 is 0. The van der Waals surface area contributed by atoms with E-state index in [-0.39, 0.29) is 5.57 Å². The number of nitrogens with one attached hydrogen (secondary N) is 1. The van der Waals surface area contributed by atoms with Gasteiger partial charge in [-0.15, -0.1) is 0 Å². The molecule has 152 valence electrons. The summed E-state index contributed by atoms with van der Waals surface area (Å²) in [4.78, 5) is 39.0. The van der Waals surface area contributed by atoms with Crippen LogP contribution in [0.25, 0.3) is 17.0 Å². The summed E-state index contributed by atoms with van der Waals surface area (Å²) in [7, 11) is 1.50. The van der Waals surface area contributed by atoms with Gasteiger partial charge in [-0.25, -0.2) is 9.69 Å². The first kappa shape index (κ1) is 19.4. The Bertz CT molecular complexity index is 1190. The summed E-state index contributed by atoms with van der Waals surface area (Å²) in [6, 6.07) is 13.6. The molecule has 0 bridgehead atoms. The SMILES string of the molecule is CCCn1cc(C=C2C(=O)NC(=O)N(c3cccc(OC)c3)C2=O)c2ccccc21. The molecule has 30 heavy (non-hydrogen) atoms. The van der Waals surface area contributed by atoms with Gasteiger partial charge in [-0.1, -0.05) is 31.2 Å². The quantitative estimate of drug-likeness (QED) is 0.520. The van der Waals surface area contributed by atoms with Gasteiger partial charge in [0, 0.05) is 35.3 Å². The molecule has 1 aromatic heterocycles. The number of benzene rings is 2. The van der Waals surface area contributed by atoms with Crippen LogP contribution < -0.4 is 15.0 Å². The number of fused-ring (bicyclic) bond motifs is 1. The fraction of sp³-hybridized carbons (Fsp3) is 0.174. The van der Waals surface area contributed by atoms with Gasteiger partial charge in [0.15, 0.2) is 0 Å². The molecule has 0 saturated carbocycles. The zero-order valence-electron chi connectivity index (χ0n) is 16.7. The van der Waals surface area contributed by atoms with Crippen molar-refractivity contribution in [2.24, 2.45) is 0 Å². The Hall–Kier alpha value is -3.87. The number of imide groups is 2. The van der Waals surface area contributed by atoms with Gasteiger partial charge in [0.2, 0.25) is 0 Å². The molecule has 2 heterocycles. The highest BCUT2D eigenvalue weighted by atomic mass is 16.5. The Morgan fingerprint density at radius 2 is 1.87 bits per heavy atom. The van der Waals surface area contributed by atoms with Crippen molar-refractivity contribution in [3.05, 3.63) is 65.9 Å². The number of urea groups is 1. The molecule has 3 aromatic rings. The number of para-hydroxylation sites is 1. The van der Waals surface area contributed by atoms with Crippen LogP contribution >= 0.6 is 0 Å². The van der Waals surface area contributed by atoms with Gasteiger partial charge in [0.1, 0.15) is 11.3 Å². The number of hydrogen-bond donors (Lipinski definition) is 1. The highest BCUT2D eigenvalue weighted by Gasteiger charge is 2.37. The topological polar surface area (TPSA) is 80.6 Å². The minimum Gasteiger partial charge on any atom is -0.497 e. The molecule has 1 N–H and O–H groups in total. The summed E-state index contributed by atoms with van der Waals surface area (Å²) in [6.45, 7) is 2.90. The molecular weight excluding hydrogens is 382 g/mol. The molecule has 2 aromatic carbocycles. The van der Waals surface area contributed by atoms with E-state index in [1.165, 1.54) is 7.11 Å². The van der Waals surface area contributed by atoms with Gasteiger partial charge in [0.25, 0.3) is 11.8 Å². The number of aromatic nitrogens is 1. The van der Waals surface area contributed by atoms with Crippen molar-refractivity contribution in [2.45, 2.75) is 19.9 Å². The van der Waals surface area contributed by atoms with Crippen molar-refractivity contribution < 1.29 is 19.1 Å². The maximum absolute atomic E-state index is 13.1. The van der Waals surface area contributed by atoms with Crippen molar-refractivity contribution in [1.29, 1.82) is 0 Å². The Kier molecular flexibility index (Phi) is 5.10. The molecular formula is C23H21N3O4. The van der Waals surface area contributed by atoms with Crippen molar-refractivity contribution in [3.63, 3.8) is 0 Å². The van der Waals surface area contributed by atoms with Crippen LogP contribution in [-0.4, -0.2) is 29.5 Å². The molecule has 0 unspecified atom stereocenters. The number of aryl methyl sites for hydroxylation is 1. The van der Waals surface area contributed by atoms with Crippen LogP contribution in [0.1, 0.15) is 18.9 Å². The van der Waals surface area contributed by atoms with E-state index in [9.17, 15) is 14.4 Å². The number of methoxy groups -OCH3 is 1. The molecule has 0 spiro atoms. The predicted octanol–water partition coefficient (Wildman–Crippen LogP) is 3.73. The van der Waals surface area contributed by atoms with Crippen LogP contribution in [0.2, 0.25) is 0 Å². The average molecular weight is 403 g/mol. The lowest BCUT2D eigenvalue weighted by Crippen LogP contribution is -2.54. The fourth-order valence-electron chi connectivity index (χ4n) is 3.61.